The van der Waals surface area contributed by atoms with Gasteiger partial charge in [0.25, 0.3) is 0 Å². The van der Waals surface area contributed by atoms with Crippen LogP contribution in [0.2, 0.25) is 0 Å². The van der Waals surface area contributed by atoms with Crippen molar-refractivity contribution in [2.45, 2.75) is 12.5 Å². The predicted molar refractivity (Wildman–Crippen MR) is 121 cm³/mol. The van der Waals surface area contributed by atoms with Crippen LogP contribution in [0.25, 0.3) is 0 Å². The number of carbonyl (C=O) groups is 1. The van der Waals surface area contributed by atoms with Crippen LogP contribution in [0.4, 0.5) is 11.5 Å². The summed E-state index contributed by atoms with van der Waals surface area (Å²) in [5, 5.41) is 6.30. The van der Waals surface area contributed by atoms with Gasteiger partial charge >= 0.3 is 0 Å². The van der Waals surface area contributed by atoms with E-state index in [1.165, 1.54) is 5.56 Å². The van der Waals surface area contributed by atoms with Crippen LogP contribution in [-0.4, -0.2) is 10.9 Å². The van der Waals surface area contributed by atoms with Crippen LogP contribution >= 0.6 is 0 Å². The SMILES string of the molecule is O=C(Nc1ccc(NCc2ccccc2)nc1)C(c1ccccc1)c1ccccc1. The van der Waals surface area contributed by atoms with Crippen LogP contribution in [0, 0.1) is 0 Å². The molecule has 1 heterocycles. The molecule has 0 bridgehead atoms. The van der Waals surface area contributed by atoms with Crippen molar-refractivity contribution in [1.82, 2.24) is 4.98 Å². The molecule has 4 aromatic rings. The second kappa shape index (κ2) is 9.52. The number of hydrogen-bond acceptors (Lipinski definition) is 3. The maximum Gasteiger partial charge on any atom is 0.236 e. The third kappa shape index (κ3) is 4.92. The van der Waals surface area contributed by atoms with E-state index < -0.39 is 0 Å². The minimum atomic E-state index is -0.386. The van der Waals surface area contributed by atoms with Gasteiger partial charge in [-0.3, -0.25) is 4.79 Å². The highest BCUT2D eigenvalue weighted by Crippen LogP contribution is 2.26. The van der Waals surface area contributed by atoms with Crippen LogP contribution in [0.1, 0.15) is 22.6 Å². The number of anilines is 2. The highest BCUT2D eigenvalue weighted by Gasteiger charge is 2.22. The smallest absolute Gasteiger partial charge is 0.236 e. The number of rotatable bonds is 7. The number of carbonyl (C=O) groups excluding carboxylic acids is 1. The normalized spacial score (nSPS) is 10.6. The molecule has 4 rings (SSSR count). The summed E-state index contributed by atoms with van der Waals surface area (Å²) in [5.74, 6) is 0.294. The van der Waals surface area contributed by atoms with Gasteiger partial charge in [-0.25, -0.2) is 4.98 Å². The molecule has 2 N–H and O–H groups in total. The summed E-state index contributed by atoms with van der Waals surface area (Å²) in [5.41, 5.74) is 3.76. The number of nitrogens with zero attached hydrogens (tertiary/aromatic N) is 1. The van der Waals surface area contributed by atoms with Crippen molar-refractivity contribution in [1.29, 1.82) is 0 Å². The Morgan fingerprint density at radius 2 is 1.30 bits per heavy atom. The summed E-state index contributed by atoms with van der Waals surface area (Å²) < 4.78 is 0. The molecule has 1 aromatic heterocycles. The fraction of sp³-hybridized carbons (Fsp3) is 0.0769. The Kier molecular flexibility index (Phi) is 6.16. The van der Waals surface area contributed by atoms with Crippen molar-refractivity contribution in [3.05, 3.63) is 126 Å². The zero-order chi connectivity index (χ0) is 20.6. The van der Waals surface area contributed by atoms with E-state index in [0.717, 1.165) is 16.9 Å². The molecular formula is C26H23N3O. The average Bonchev–Trinajstić information content (AvgIpc) is 2.81. The first-order chi connectivity index (χ1) is 14.8. The van der Waals surface area contributed by atoms with Crippen LogP contribution in [0.3, 0.4) is 0 Å². The Morgan fingerprint density at radius 3 is 1.83 bits per heavy atom. The Hall–Kier alpha value is -3.92. The lowest BCUT2D eigenvalue weighted by atomic mass is 9.90. The van der Waals surface area contributed by atoms with E-state index in [2.05, 4.69) is 27.8 Å². The Bertz CT molecular complexity index is 1030. The van der Waals surface area contributed by atoms with Gasteiger partial charge in [-0.15, -0.1) is 0 Å². The molecule has 30 heavy (non-hydrogen) atoms. The summed E-state index contributed by atoms with van der Waals surface area (Å²) in [7, 11) is 0. The minimum absolute atomic E-state index is 0.0841. The third-order valence-electron chi connectivity index (χ3n) is 4.88. The molecule has 0 fully saturated rings. The molecule has 0 aliphatic carbocycles. The van der Waals surface area contributed by atoms with E-state index in [-0.39, 0.29) is 11.8 Å². The standard InChI is InChI=1S/C26H23N3O/c30-26(25(21-12-6-2-7-13-21)22-14-8-3-9-15-22)29-23-16-17-24(28-19-23)27-18-20-10-4-1-5-11-20/h1-17,19,25H,18H2,(H,27,28)(H,29,30). The van der Waals surface area contributed by atoms with Crippen molar-refractivity contribution < 1.29 is 4.79 Å². The predicted octanol–water partition coefficient (Wildman–Crippen LogP) is 5.46. The second-order valence-electron chi connectivity index (χ2n) is 7.01. The van der Waals surface area contributed by atoms with Crippen molar-refractivity contribution in [3.8, 4) is 0 Å². The maximum absolute atomic E-state index is 13.2. The number of hydrogen-bond donors (Lipinski definition) is 2. The van der Waals surface area contributed by atoms with Gasteiger partial charge in [0.15, 0.2) is 0 Å². The maximum atomic E-state index is 13.2. The highest BCUT2D eigenvalue weighted by atomic mass is 16.1. The molecule has 0 unspecified atom stereocenters. The van der Waals surface area contributed by atoms with E-state index in [1.54, 1.807) is 6.20 Å². The van der Waals surface area contributed by atoms with Gasteiger partial charge in [-0.05, 0) is 28.8 Å². The Morgan fingerprint density at radius 1 is 0.733 bits per heavy atom. The molecule has 3 aromatic carbocycles. The molecule has 0 aliphatic rings. The van der Waals surface area contributed by atoms with E-state index in [9.17, 15) is 4.79 Å². The van der Waals surface area contributed by atoms with Gasteiger partial charge in [0.2, 0.25) is 5.91 Å². The van der Waals surface area contributed by atoms with Gasteiger partial charge in [0, 0.05) is 6.54 Å². The van der Waals surface area contributed by atoms with E-state index in [0.29, 0.717) is 12.2 Å². The van der Waals surface area contributed by atoms with Crippen molar-refractivity contribution in [2.24, 2.45) is 0 Å². The summed E-state index contributed by atoms with van der Waals surface area (Å²) in [6.07, 6.45) is 1.68. The molecule has 0 spiro atoms. The van der Waals surface area contributed by atoms with Gasteiger partial charge < -0.3 is 10.6 Å². The molecule has 0 saturated carbocycles. The van der Waals surface area contributed by atoms with Crippen LogP contribution < -0.4 is 10.6 Å². The van der Waals surface area contributed by atoms with Gasteiger partial charge in [-0.2, -0.15) is 0 Å². The van der Waals surface area contributed by atoms with Crippen LogP contribution in [0.5, 0.6) is 0 Å². The van der Waals surface area contributed by atoms with Crippen LogP contribution in [-0.2, 0) is 11.3 Å². The lowest BCUT2D eigenvalue weighted by Crippen LogP contribution is -2.22. The fourth-order valence-electron chi connectivity index (χ4n) is 3.36. The second-order valence-corrected chi connectivity index (χ2v) is 7.01. The molecule has 0 atom stereocenters. The zero-order valence-corrected chi connectivity index (χ0v) is 16.5. The molecule has 1 amide bonds. The van der Waals surface area contributed by atoms with Crippen LogP contribution in [0.15, 0.2) is 109 Å². The fourth-order valence-corrected chi connectivity index (χ4v) is 3.36. The first kappa shape index (κ1) is 19.4. The molecule has 4 heteroatoms. The number of nitrogens with one attached hydrogen (secondary N) is 2. The first-order valence-electron chi connectivity index (χ1n) is 9.94. The average molecular weight is 393 g/mol. The molecular weight excluding hydrogens is 370 g/mol. The Balaban J connectivity index is 1.46. The number of amides is 1. The zero-order valence-electron chi connectivity index (χ0n) is 16.5. The van der Waals surface area contributed by atoms with Crippen molar-refractivity contribution in [2.75, 3.05) is 10.6 Å². The van der Waals surface area contributed by atoms with Crippen molar-refractivity contribution >= 4 is 17.4 Å². The summed E-state index contributed by atoms with van der Waals surface area (Å²) in [6, 6.07) is 33.5. The van der Waals surface area contributed by atoms with E-state index in [4.69, 9.17) is 0 Å². The number of pyridine rings is 1. The van der Waals surface area contributed by atoms with Gasteiger partial charge in [-0.1, -0.05) is 91.0 Å². The van der Waals surface area contributed by atoms with Gasteiger partial charge in [0.1, 0.15) is 5.82 Å². The largest absolute Gasteiger partial charge is 0.366 e. The third-order valence-corrected chi connectivity index (χ3v) is 4.88. The number of benzene rings is 3. The van der Waals surface area contributed by atoms with Gasteiger partial charge in [0.05, 0.1) is 17.8 Å². The topological polar surface area (TPSA) is 54.0 Å². The lowest BCUT2D eigenvalue weighted by Gasteiger charge is -2.18. The molecule has 4 nitrogen and oxygen atoms in total. The summed E-state index contributed by atoms with van der Waals surface area (Å²) in [6.45, 7) is 0.698. The monoisotopic (exact) mass is 393 g/mol. The molecule has 0 radical (unpaired) electrons. The highest BCUT2D eigenvalue weighted by molar-refractivity contribution is 5.98. The first-order valence-corrected chi connectivity index (χ1v) is 9.94. The van der Waals surface area contributed by atoms with E-state index in [1.807, 2.05) is 91.0 Å². The van der Waals surface area contributed by atoms with Crippen molar-refractivity contribution in [3.63, 3.8) is 0 Å². The minimum Gasteiger partial charge on any atom is -0.366 e. The summed E-state index contributed by atoms with van der Waals surface area (Å²) >= 11 is 0. The summed E-state index contributed by atoms with van der Waals surface area (Å²) in [4.78, 5) is 17.6. The van der Waals surface area contributed by atoms with E-state index >= 15 is 0 Å². The Labute approximate surface area is 176 Å². The lowest BCUT2D eigenvalue weighted by molar-refractivity contribution is -0.116. The molecule has 0 aliphatic heterocycles. The molecule has 148 valence electrons. The molecule has 0 saturated heterocycles. The number of aromatic nitrogens is 1. The quantitative estimate of drug-likeness (QED) is 0.438.